The van der Waals surface area contributed by atoms with Crippen LogP contribution in [0.3, 0.4) is 0 Å². The van der Waals surface area contributed by atoms with E-state index in [2.05, 4.69) is 4.74 Å². The van der Waals surface area contributed by atoms with Gasteiger partial charge in [0.05, 0.1) is 13.7 Å². The first-order chi connectivity index (χ1) is 8.67. The van der Waals surface area contributed by atoms with Gasteiger partial charge < -0.3 is 9.47 Å². The Kier molecular flexibility index (Phi) is 6.19. The second-order valence-electron chi connectivity index (χ2n) is 3.96. The van der Waals surface area contributed by atoms with Gasteiger partial charge in [-0.2, -0.15) is 0 Å². The van der Waals surface area contributed by atoms with Crippen LogP contribution in [0.2, 0.25) is 0 Å². The van der Waals surface area contributed by atoms with E-state index in [4.69, 9.17) is 4.74 Å². The molecule has 0 N–H and O–H groups in total. The number of carbonyl (C=O) groups is 1. The van der Waals surface area contributed by atoms with E-state index in [9.17, 15) is 9.18 Å². The highest BCUT2D eigenvalue weighted by Crippen LogP contribution is 2.15. The SMILES string of the molecule is CCOc1ccc(CCCC(F)C(=O)OC)cc1. The lowest BCUT2D eigenvalue weighted by Crippen LogP contribution is -2.17. The molecule has 1 atom stereocenters. The third-order valence-corrected chi connectivity index (χ3v) is 2.61. The van der Waals surface area contributed by atoms with Crippen molar-refractivity contribution in [2.75, 3.05) is 13.7 Å². The Morgan fingerprint density at radius 2 is 2.00 bits per heavy atom. The number of hydrogen-bond donors (Lipinski definition) is 0. The maximum Gasteiger partial charge on any atom is 0.340 e. The van der Waals surface area contributed by atoms with Crippen molar-refractivity contribution in [1.82, 2.24) is 0 Å². The molecule has 1 rings (SSSR count). The first-order valence-electron chi connectivity index (χ1n) is 6.11. The van der Waals surface area contributed by atoms with Gasteiger partial charge in [-0.3, -0.25) is 0 Å². The monoisotopic (exact) mass is 254 g/mol. The summed E-state index contributed by atoms with van der Waals surface area (Å²) in [7, 11) is 1.20. The molecule has 1 aromatic rings. The maximum atomic E-state index is 13.2. The summed E-state index contributed by atoms with van der Waals surface area (Å²) in [4.78, 5) is 10.9. The van der Waals surface area contributed by atoms with Crippen LogP contribution in [-0.2, 0) is 16.0 Å². The molecule has 3 nitrogen and oxygen atoms in total. The summed E-state index contributed by atoms with van der Waals surface area (Å²) < 4.78 is 22.8. The molecule has 0 amide bonds. The van der Waals surface area contributed by atoms with E-state index in [0.29, 0.717) is 13.0 Å². The fraction of sp³-hybridized carbons (Fsp3) is 0.500. The molecule has 0 spiro atoms. The van der Waals surface area contributed by atoms with Crippen LogP contribution in [0, 0.1) is 0 Å². The van der Waals surface area contributed by atoms with Crippen molar-refractivity contribution >= 4 is 5.97 Å². The molecule has 1 unspecified atom stereocenters. The zero-order valence-electron chi connectivity index (χ0n) is 10.8. The van der Waals surface area contributed by atoms with E-state index >= 15 is 0 Å². The topological polar surface area (TPSA) is 35.5 Å². The van der Waals surface area contributed by atoms with Gasteiger partial charge in [0.15, 0.2) is 6.17 Å². The van der Waals surface area contributed by atoms with E-state index in [-0.39, 0.29) is 6.42 Å². The molecule has 1 aromatic carbocycles. The molecule has 0 saturated carbocycles. The van der Waals surface area contributed by atoms with E-state index in [1.807, 2.05) is 31.2 Å². The van der Waals surface area contributed by atoms with Crippen LogP contribution in [0.25, 0.3) is 0 Å². The van der Waals surface area contributed by atoms with Crippen molar-refractivity contribution in [2.45, 2.75) is 32.4 Å². The quantitative estimate of drug-likeness (QED) is 0.702. The molecule has 0 bridgehead atoms. The van der Waals surface area contributed by atoms with Crippen molar-refractivity contribution in [3.63, 3.8) is 0 Å². The number of methoxy groups -OCH3 is 1. The molecule has 0 aliphatic rings. The third-order valence-electron chi connectivity index (χ3n) is 2.61. The lowest BCUT2D eigenvalue weighted by atomic mass is 10.1. The van der Waals surface area contributed by atoms with Gasteiger partial charge in [-0.05, 0) is 43.9 Å². The summed E-state index contributed by atoms with van der Waals surface area (Å²) in [6, 6.07) is 7.70. The highest BCUT2D eigenvalue weighted by Gasteiger charge is 2.16. The number of hydrogen-bond acceptors (Lipinski definition) is 3. The smallest absolute Gasteiger partial charge is 0.340 e. The van der Waals surface area contributed by atoms with E-state index in [1.54, 1.807) is 0 Å². The molecule has 0 saturated heterocycles. The van der Waals surface area contributed by atoms with Crippen molar-refractivity contribution in [1.29, 1.82) is 0 Å². The summed E-state index contributed by atoms with van der Waals surface area (Å²) in [5, 5.41) is 0. The summed E-state index contributed by atoms with van der Waals surface area (Å²) in [5.74, 6) is 0.0425. The van der Waals surface area contributed by atoms with E-state index in [1.165, 1.54) is 7.11 Å². The van der Waals surface area contributed by atoms with Crippen LogP contribution in [0.1, 0.15) is 25.3 Å². The van der Waals surface area contributed by atoms with Crippen LogP contribution in [0.4, 0.5) is 4.39 Å². The van der Waals surface area contributed by atoms with Gasteiger partial charge in [0.25, 0.3) is 0 Å². The number of alkyl halides is 1. The average molecular weight is 254 g/mol. The fourth-order valence-electron chi connectivity index (χ4n) is 1.65. The highest BCUT2D eigenvalue weighted by atomic mass is 19.1. The van der Waals surface area contributed by atoms with Gasteiger partial charge in [0, 0.05) is 0 Å². The van der Waals surface area contributed by atoms with Crippen molar-refractivity contribution in [2.24, 2.45) is 0 Å². The maximum absolute atomic E-state index is 13.2. The van der Waals surface area contributed by atoms with Gasteiger partial charge in [-0.1, -0.05) is 12.1 Å². The van der Waals surface area contributed by atoms with Crippen LogP contribution in [0.5, 0.6) is 5.75 Å². The number of benzene rings is 1. The Morgan fingerprint density at radius 3 is 2.56 bits per heavy atom. The summed E-state index contributed by atoms with van der Waals surface area (Å²) >= 11 is 0. The lowest BCUT2D eigenvalue weighted by Gasteiger charge is -2.07. The minimum atomic E-state index is -1.52. The third kappa shape index (κ3) is 4.73. The summed E-state index contributed by atoms with van der Waals surface area (Å²) in [6.07, 6.45) is 0.0335. The normalized spacial score (nSPS) is 11.9. The predicted octanol–water partition coefficient (Wildman–Crippen LogP) is 2.92. The van der Waals surface area contributed by atoms with Crippen molar-refractivity contribution in [3.8, 4) is 5.75 Å². The molecule has 0 aliphatic heterocycles. The molecular formula is C14H19FO3. The van der Waals surface area contributed by atoms with Crippen LogP contribution in [-0.4, -0.2) is 25.9 Å². The number of ether oxygens (including phenoxy) is 2. The zero-order chi connectivity index (χ0) is 13.4. The summed E-state index contributed by atoms with van der Waals surface area (Å²) in [6.45, 7) is 2.57. The second kappa shape index (κ2) is 7.69. The molecule has 0 fully saturated rings. The van der Waals surface area contributed by atoms with Crippen LogP contribution >= 0.6 is 0 Å². The van der Waals surface area contributed by atoms with Crippen molar-refractivity contribution < 1.29 is 18.7 Å². The van der Waals surface area contributed by atoms with Gasteiger partial charge >= 0.3 is 5.97 Å². The van der Waals surface area contributed by atoms with Gasteiger partial charge in [-0.15, -0.1) is 0 Å². The minimum Gasteiger partial charge on any atom is -0.494 e. The Balaban J connectivity index is 2.33. The number of esters is 1. The Hall–Kier alpha value is -1.58. The predicted molar refractivity (Wildman–Crippen MR) is 67.5 cm³/mol. The number of halogens is 1. The molecule has 0 aromatic heterocycles. The van der Waals surface area contributed by atoms with Gasteiger partial charge in [0.1, 0.15) is 5.75 Å². The Bertz CT molecular complexity index is 362. The molecule has 4 heteroatoms. The van der Waals surface area contributed by atoms with E-state index < -0.39 is 12.1 Å². The Labute approximate surface area is 107 Å². The van der Waals surface area contributed by atoms with Crippen LogP contribution < -0.4 is 4.74 Å². The van der Waals surface area contributed by atoms with Crippen molar-refractivity contribution in [3.05, 3.63) is 29.8 Å². The molecule has 0 heterocycles. The van der Waals surface area contributed by atoms with Crippen LogP contribution in [0.15, 0.2) is 24.3 Å². The second-order valence-corrected chi connectivity index (χ2v) is 3.96. The van der Waals surface area contributed by atoms with E-state index in [0.717, 1.165) is 17.7 Å². The standard InChI is InChI=1S/C14H19FO3/c1-3-18-12-9-7-11(8-10-12)5-4-6-13(15)14(16)17-2/h7-10,13H,3-6H2,1-2H3. The molecular weight excluding hydrogens is 235 g/mol. The number of carbonyl (C=O) groups excluding carboxylic acids is 1. The minimum absolute atomic E-state index is 0.194. The molecule has 0 aliphatic carbocycles. The highest BCUT2D eigenvalue weighted by molar-refractivity contribution is 5.74. The molecule has 0 radical (unpaired) electrons. The largest absolute Gasteiger partial charge is 0.494 e. The van der Waals surface area contributed by atoms with Gasteiger partial charge in [0.2, 0.25) is 0 Å². The Morgan fingerprint density at radius 1 is 1.33 bits per heavy atom. The molecule has 100 valence electrons. The number of rotatable bonds is 7. The van der Waals surface area contributed by atoms with Gasteiger partial charge in [-0.25, -0.2) is 9.18 Å². The average Bonchev–Trinajstić information content (AvgIpc) is 2.40. The summed E-state index contributed by atoms with van der Waals surface area (Å²) in [5.41, 5.74) is 1.11. The first-order valence-corrected chi connectivity index (χ1v) is 6.11. The molecule has 18 heavy (non-hydrogen) atoms. The fourth-order valence-corrected chi connectivity index (χ4v) is 1.65. The zero-order valence-corrected chi connectivity index (χ0v) is 10.8. The number of aryl methyl sites for hydroxylation is 1. The first kappa shape index (κ1) is 14.5. The lowest BCUT2D eigenvalue weighted by molar-refractivity contribution is -0.146.